The van der Waals surface area contributed by atoms with Gasteiger partial charge in [-0.2, -0.15) is 0 Å². The number of ether oxygens (including phenoxy) is 1. The molecule has 0 bridgehead atoms. The van der Waals surface area contributed by atoms with Crippen molar-refractivity contribution in [1.29, 1.82) is 0 Å². The van der Waals surface area contributed by atoms with Gasteiger partial charge in [0.05, 0.1) is 16.8 Å². The topological polar surface area (TPSA) is 136 Å². The first-order valence-electron chi connectivity index (χ1n) is 9.79. The molecular weight excluding hydrogens is 394 g/mol. The second-order valence-electron chi connectivity index (χ2n) is 7.63. The third kappa shape index (κ3) is 4.17. The maximum atomic E-state index is 12.6. The number of fused-ring (bicyclic) bond motifs is 1. The van der Waals surface area contributed by atoms with Gasteiger partial charge in [0.15, 0.2) is 6.61 Å². The van der Waals surface area contributed by atoms with Crippen LogP contribution in [-0.4, -0.2) is 46.2 Å². The number of carbonyl (C=O) groups is 4. The zero-order chi connectivity index (χ0) is 22.0. The number of anilines is 1. The molecule has 1 heterocycles. The number of hydrogen-bond donors (Lipinski definition) is 1. The van der Waals surface area contributed by atoms with Crippen molar-refractivity contribution < 1.29 is 28.8 Å². The average Bonchev–Trinajstić information content (AvgIpc) is 2.97. The van der Waals surface area contributed by atoms with Gasteiger partial charge in [0.2, 0.25) is 11.8 Å². The molecule has 10 heteroatoms. The number of aryl methyl sites for hydroxylation is 1. The fraction of sp³-hybridized carbons (Fsp3) is 0.500. The van der Waals surface area contributed by atoms with Crippen molar-refractivity contribution in [1.82, 2.24) is 4.90 Å². The van der Waals surface area contributed by atoms with Gasteiger partial charge in [-0.15, -0.1) is 0 Å². The number of imide groups is 1. The molecule has 0 radical (unpaired) electrons. The Kier molecular flexibility index (Phi) is 6.14. The standard InChI is InChI=1S/C20H23N3O7/c1-11-9-13(23(28)29)7-8-16(11)21-17(24)10-30-20(27)12(2)22-18(25)14-5-3-4-6-15(14)19(22)26/h7-9,12,14-15H,3-6,10H2,1-2H3,(H,21,24)/t12-,14+,15+/m0/s1. The van der Waals surface area contributed by atoms with Crippen molar-refractivity contribution >= 4 is 35.1 Å². The first-order valence-corrected chi connectivity index (χ1v) is 9.79. The zero-order valence-corrected chi connectivity index (χ0v) is 16.8. The SMILES string of the molecule is Cc1cc([N+](=O)[O-])ccc1NC(=O)COC(=O)[C@H](C)N1C(=O)[C@@H]2CCCC[C@H]2C1=O. The summed E-state index contributed by atoms with van der Waals surface area (Å²) in [5, 5.41) is 13.3. The minimum absolute atomic E-state index is 0.105. The van der Waals surface area contributed by atoms with Crippen molar-refractivity contribution in [2.45, 2.75) is 45.6 Å². The number of nitrogens with zero attached hydrogens (tertiary/aromatic N) is 2. The first kappa shape index (κ1) is 21.4. The number of nitrogens with one attached hydrogen (secondary N) is 1. The summed E-state index contributed by atoms with van der Waals surface area (Å²) in [5.74, 6) is -2.91. The number of non-ortho nitro benzene ring substituents is 1. The van der Waals surface area contributed by atoms with Crippen LogP contribution in [0.1, 0.15) is 38.2 Å². The van der Waals surface area contributed by atoms with E-state index in [2.05, 4.69) is 5.32 Å². The van der Waals surface area contributed by atoms with Crippen molar-refractivity contribution in [3.63, 3.8) is 0 Å². The molecule has 1 saturated heterocycles. The van der Waals surface area contributed by atoms with Crippen molar-refractivity contribution in [2.24, 2.45) is 11.8 Å². The molecule has 1 saturated carbocycles. The Morgan fingerprint density at radius 3 is 2.37 bits per heavy atom. The van der Waals surface area contributed by atoms with Gasteiger partial charge in [-0.25, -0.2) is 4.79 Å². The molecule has 3 rings (SSSR count). The van der Waals surface area contributed by atoms with Crippen molar-refractivity contribution in [3.05, 3.63) is 33.9 Å². The minimum Gasteiger partial charge on any atom is -0.454 e. The summed E-state index contributed by atoms with van der Waals surface area (Å²) in [4.78, 5) is 60.8. The highest BCUT2D eigenvalue weighted by molar-refractivity contribution is 6.08. The fourth-order valence-corrected chi connectivity index (χ4v) is 4.02. The molecular formula is C20H23N3O7. The lowest BCUT2D eigenvalue weighted by molar-refractivity contribution is -0.384. The Morgan fingerprint density at radius 1 is 1.23 bits per heavy atom. The predicted octanol–water partition coefficient (Wildman–Crippen LogP) is 1.95. The van der Waals surface area contributed by atoms with E-state index in [0.717, 1.165) is 17.7 Å². The molecule has 1 N–H and O–H groups in total. The van der Waals surface area contributed by atoms with Gasteiger partial charge in [-0.05, 0) is 38.3 Å². The summed E-state index contributed by atoms with van der Waals surface area (Å²) >= 11 is 0. The number of nitro groups is 1. The number of hydrogen-bond acceptors (Lipinski definition) is 7. The first-order chi connectivity index (χ1) is 14.2. The van der Waals surface area contributed by atoms with Crippen LogP contribution in [0.25, 0.3) is 0 Å². The highest BCUT2D eigenvalue weighted by Gasteiger charge is 2.51. The van der Waals surface area contributed by atoms with Crippen LogP contribution in [0.15, 0.2) is 18.2 Å². The number of likely N-dealkylation sites (tertiary alicyclic amines) is 1. The molecule has 3 atom stereocenters. The van der Waals surface area contributed by atoms with E-state index in [4.69, 9.17) is 4.74 Å². The molecule has 1 aliphatic heterocycles. The Bertz CT molecular complexity index is 890. The van der Waals surface area contributed by atoms with Crippen molar-refractivity contribution in [2.75, 3.05) is 11.9 Å². The average molecular weight is 417 g/mol. The van der Waals surface area contributed by atoms with Crippen LogP contribution in [0, 0.1) is 28.9 Å². The maximum Gasteiger partial charge on any atom is 0.329 e. The lowest BCUT2D eigenvalue weighted by Crippen LogP contribution is -2.45. The Labute approximate surface area is 172 Å². The second-order valence-corrected chi connectivity index (χ2v) is 7.63. The van der Waals surface area contributed by atoms with Crippen LogP contribution in [0.3, 0.4) is 0 Å². The summed E-state index contributed by atoms with van der Waals surface area (Å²) < 4.78 is 5.00. The fourth-order valence-electron chi connectivity index (χ4n) is 4.02. The number of carbonyl (C=O) groups excluding carboxylic acids is 4. The Morgan fingerprint density at radius 2 is 1.83 bits per heavy atom. The van der Waals surface area contributed by atoms with E-state index in [1.54, 1.807) is 6.92 Å². The molecule has 1 aromatic carbocycles. The maximum absolute atomic E-state index is 12.6. The summed E-state index contributed by atoms with van der Waals surface area (Å²) in [6.07, 6.45) is 3.05. The summed E-state index contributed by atoms with van der Waals surface area (Å²) in [7, 11) is 0. The monoisotopic (exact) mass is 417 g/mol. The van der Waals surface area contributed by atoms with Crippen LogP contribution in [-0.2, 0) is 23.9 Å². The van der Waals surface area contributed by atoms with E-state index in [1.165, 1.54) is 25.1 Å². The number of benzene rings is 1. The molecule has 10 nitrogen and oxygen atoms in total. The van der Waals surface area contributed by atoms with Gasteiger partial charge in [0.25, 0.3) is 11.6 Å². The Hall–Kier alpha value is -3.30. The molecule has 160 valence electrons. The van der Waals surface area contributed by atoms with E-state index in [1.807, 2.05) is 0 Å². The van der Waals surface area contributed by atoms with Crippen molar-refractivity contribution in [3.8, 4) is 0 Å². The van der Waals surface area contributed by atoms with E-state index < -0.39 is 29.4 Å². The highest BCUT2D eigenvalue weighted by atomic mass is 16.6. The van der Waals surface area contributed by atoms with Gasteiger partial charge in [-0.1, -0.05) is 12.8 Å². The molecule has 30 heavy (non-hydrogen) atoms. The van der Waals surface area contributed by atoms with Crippen LogP contribution >= 0.6 is 0 Å². The van der Waals surface area contributed by atoms with Crippen LogP contribution in [0.4, 0.5) is 11.4 Å². The van der Waals surface area contributed by atoms with E-state index >= 15 is 0 Å². The van der Waals surface area contributed by atoms with Crippen LogP contribution in [0.5, 0.6) is 0 Å². The molecule has 2 aliphatic rings. The number of esters is 1. The molecule has 1 aliphatic carbocycles. The summed E-state index contributed by atoms with van der Waals surface area (Å²) in [6.45, 7) is 2.40. The lowest BCUT2D eigenvalue weighted by Gasteiger charge is -2.21. The van der Waals surface area contributed by atoms with Gasteiger partial charge >= 0.3 is 5.97 Å². The highest BCUT2D eigenvalue weighted by Crippen LogP contribution is 2.38. The third-order valence-corrected chi connectivity index (χ3v) is 5.64. The summed E-state index contributed by atoms with van der Waals surface area (Å²) in [6, 6.07) is 2.85. The van der Waals surface area contributed by atoms with E-state index in [-0.39, 0.29) is 29.3 Å². The zero-order valence-electron chi connectivity index (χ0n) is 16.8. The molecule has 0 unspecified atom stereocenters. The van der Waals surface area contributed by atoms with Gasteiger partial charge in [0, 0.05) is 17.8 Å². The smallest absolute Gasteiger partial charge is 0.329 e. The van der Waals surface area contributed by atoms with Gasteiger partial charge < -0.3 is 10.1 Å². The third-order valence-electron chi connectivity index (χ3n) is 5.64. The number of rotatable bonds is 6. The minimum atomic E-state index is -1.11. The Balaban J connectivity index is 1.56. The van der Waals surface area contributed by atoms with E-state index in [0.29, 0.717) is 24.1 Å². The normalized spacial score (nSPS) is 21.7. The quantitative estimate of drug-likeness (QED) is 0.323. The number of amides is 3. The molecule has 0 spiro atoms. The lowest BCUT2D eigenvalue weighted by atomic mass is 9.81. The van der Waals surface area contributed by atoms with E-state index in [9.17, 15) is 29.3 Å². The number of nitro benzene ring substituents is 1. The van der Waals surface area contributed by atoms with Crippen LogP contribution < -0.4 is 5.32 Å². The molecule has 2 fully saturated rings. The predicted molar refractivity (Wildman–Crippen MR) is 104 cm³/mol. The molecule has 3 amide bonds. The second kappa shape index (κ2) is 8.60. The largest absolute Gasteiger partial charge is 0.454 e. The van der Waals surface area contributed by atoms with Gasteiger partial charge in [0.1, 0.15) is 6.04 Å². The molecule has 0 aromatic heterocycles. The summed E-state index contributed by atoms with van der Waals surface area (Å²) in [5.41, 5.74) is 0.725. The molecule has 1 aromatic rings. The van der Waals surface area contributed by atoms with Gasteiger partial charge in [-0.3, -0.25) is 29.4 Å². The van der Waals surface area contributed by atoms with Crippen LogP contribution in [0.2, 0.25) is 0 Å².